The van der Waals surface area contributed by atoms with Crippen LogP contribution in [0.15, 0.2) is 68.1 Å². The Kier molecular flexibility index (Phi) is 6.08. The van der Waals surface area contributed by atoms with Gasteiger partial charge >= 0.3 is 0 Å². The number of rotatable bonds is 6. The molecule has 184 valence electrons. The standard InChI is InChI=1S/C23H24N4O5S3/c1-34(29,30)16-4-5-20(18(13-16)19-14-25-23(28)22-17(19)6-9-24-22)26-15-7-10-27(11-8-15)35(31,32)21-3-2-12-33-21/h2-6,9,12-15,24,26H,7-8,10-11H2,1H3,(H,25,28). The van der Waals surface area contributed by atoms with Crippen LogP contribution in [0.2, 0.25) is 0 Å². The summed E-state index contributed by atoms with van der Waals surface area (Å²) in [5.41, 5.74) is 2.19. The summed E-state index contributed by atoms with van der Waals surface area (Å²) < 4.78 is 52.1. The maximum absolute atomic E-state index is 12.8. The van der Waals surface area contributed by atoms with Crippen LogP contribution in [0.3, 0.4) is 0 Å². The minimum Gasteiger partial charge on any atom is -0.382 e. The molecule has 1 saturated heterocycles. The average molecular weight is 533 g/mol. The third-order valence-corrected chi connectivity index (χ3v) is 10.6. The number of aromatic amines is 2. The topological polar surface area (TPSA) is 132 Å². The molecule has 0 unspecified atom stereocenters. The van der Waals surface area contributed by atoms with E-state index >= 15 is 0 Å². The lowest BCUT2D eigenvalue weighted by Crippen LogP contribution is -2.42. The van der Waals surface area contributed by atoms with E-state index in [9.17, 15) is 21.6 Å². The largest absolute Gasteiger partial charge is 0.382 e. The first-order valence-corrected chi connectivity index (χ1v) is 15.2. The average Bonchev–Trinajstić information content (AvgIpc) is 3.53. The Balaban J connectivity index is 1.45. The molecule has 3 N–H and O–H groups in total. The number of sulfone groups is 1. The predicted octanol–water partition coefficient (Wildman–Crippen LogP) is 3.25. The molecule has 0 aliphatic carbocycles. The molecule has 5 rings (SSSR count). The number of pyridine rings is 1. The summed E-state index contributed by atoms with van der Waals surface area (Å²) in [6.07, 6.45) is 5.61. The summed E-state index contributed by atoms with van der Waals surface area (Å²) in [5.74, 6) is 0. The van der Waals surface area contributed by atoms with Crippen LogP contribution in [0.5, 0.6) is 0 Å². The van der Waals surface area contributed by atoms with Crippen molar-refractivity contribution in [2.24, 2.45) is 0 Å². The fraction of sp³-hybridized carbons (Fsp3) is 0.261. The van der Waals surface area contributed by atoms with Crippen LogP contribution in [-0.4, -0.2) is 56.5 Å². The molecule has 9 nitrogen and oxygen atoms in total. The molecule has 1 aliphatic rings. The molecular weight excluding hydrogens is 508 g/mol. The Labute approximate surface area is 206 Å². The lowest BCUT2D eigenvalue weighted by atomic mass is 10.00. The maximum atomic E-state index is 12.8. The van der Waals surface area contributed by atoms with Crippen LogP contribution in [0.25, 0.3) is 22.0 Å². The molecule has 1 fully saturated rings. The number of thiophene rings is 1. The molecule has 35 heavy (non-hydrogen) atoms. The minimum absolute atomic E-state index is 0.00269. The minimum atomic E-state index is -3.49. The molecule has 0 spiro atoms. The maximum Gasteiger partial charge on any atom is 0.272 e. The van der Waals surface area contributed by atoms with Crippen molar-refractivity contribution in [2.75, 3.05) is 24.7 Å². The van der Waals surface area contributed by atoms with Gasteiger partial charge in [0.1, 0.15) is 9.73 Å². The van der Waals surface area contributed by atoms with Gasteiger partial charge in [-0.1, -0.05) is 6.07 Å². The first-order chi connectivity index (χ1) is 16.6. The zero-order valence-electron chi connectivity index (χ0n) is 18.8. The zero-order chi connectivity index (χ0) is 24.8. The number of fused-ring (bicyclic) bond motifs is 1. The molecule has 12 heteroatoms. The smallest absolute Gasteiger partial charge is 0.272 e. The Morgan fingerprint density at radius 3 is 2.49 bits per heavy atom. The van der Waals surface area contributed by atoms with Crippen LogP contribution >= 0.6 is 11.3 Å². The molecule has 3 aromatic heterocycles. The van der Waals surface area contributed by atoms with Gasteiger partial charge in [0.05, 0.1) is 4.90 Å². The van der Waals surface area contributed by atoms with E-state index in [0.29, 0.717) is 57.9 Å². The number of nitrogens with zero attached hydrogens (tertiary/aromatic N) is 1. The third-order valence-electron chi connectivity index (χ3n) is 6.22. The first-order valence-electron chi connectivity index (χ1n) is 11.0. The molecule has 0 atom stereocenters. The number of nitrogens with one attached hydrogen (secondary N) is 3. The van der Waals surface area contributed by atoms with Gasteiger partial charge in [0.2, 0.25) is 0 Å². The van der Waals surface area contributed by atoms with Crippen molar-refractivity contribution < 1.29 is 16.8 Å². The van der Waals surface area contributed by atoms with Crippen LogP contribution in [0, 0.1) is 0 Å². The van der Waals surface area contributed by atoms with E-state index in [1.165, 1.54) is 15.6 Å². The summed E-state index contributed by atoms with van der Waals surface area (Å²) in [6.45, 7) is 0.769. The van der Waals surface area contributed by atoms with E-state index in [2.05, 4.69) is 15.3 Å². The summed E-state index contributed by atoms with van der Waals surface area (Å²) in [4.78, 5) is 18.0. The van der Waals surface area contributed by atoms with E-state index in [4.69, 9.17) is 0 Å². The lowest BCUT2D eigenvalue weighted by molar-refractivity contribution is 0.330. The van der Waals surface area contributed by atoms with E-state index in [-0.39, 0.29) is 16.5 Å². The molecule has 0 amide bonds. The van der Waals surface area contributed by atoms with E-state index < -0.39 is 19.9 Å². The molecule has 0 radical (unpaired) electrons. The van der Waals surface area contributed by atoms with Crippen LogP contribution in [0.4, 0.5) is 5.69 Å². The van der Waals surface area contributed by atoms with Gasteiger partial charge in [-0.3, -0.25) is 4.79 Å². The van der Waals surface area contributed by atoms with Crippen LogP contribution in [-0.2, 0) is 19.9 Å². The van der Waals surface area contributed by atoms with Crippen LogP contribution < -0.4 is 10.9 Å². The number of hydrogen-bond donors (Lipinski definition) is 3. The quantitative estimate of drug-likeness (QED) is 0.349. The van der Waals surface area contributed by atoms with E-state index in [1.807, 2.05) is 0 Å². The first kappa shape index (κ1) is 23.8. The van der Waals surface area contributed by atoms with Gasteiger partial charge in [-0.25, -0.2) is 16.8 Å². The summed E-state index contributed by atoms with van der Waals surface area (Å²) in [7, 11) is -6.95. The van der Waals surface area contributed by atoms with Gasteiger partial charge in [-0.2, -0.15) is 4.31 Å². The molecule has 1 aliphatic heterocycles. The molecular formula is C23H24N4O5S3. The Hall–Kier alpha value is -2.93. The van der Waals surface area contributed by atoms with Gasteiger partial charge in [0, 0.05) is 60.0 Å². The molecule has 4 aromatic rings. The monoisotopic (exact) mass is 532 g/mol. The second-order valence-corrected chi connectivity index (χ2v) is 13.7. The highest BCUT2D eigenvalue weighted by Crippen LogP contribution is 2.35. The van der Waals surface area contributed by atoms with Gasteiger partial charge in [0.15, 0.2) is 9.84 Å². The highest BCUT2D eigenvalue weighted by Gasteiger charge is 2.30. The molecule has 0 bridgehead atoms. The molecule has 0 saturated carbocycles. The van der Waals surface area contributed by atoms with Crippen molar-refractivity contribution >= 4 is 47.8 Å². The number of sulfonamides is 1. The van der Waals surface area contributed by atoms with Crippen LogP contribution in [0.1, 0.15) is 12.8 Å². The Bertz CT molecular complexity index is 1650. The Morgan fingerprint density at radius 2 is 1.80 bits per heavy atom. The summed E-state index contributed by atoms with van der Waals surface area (Å²) in [6, 6.07) is 10.0. The van der Waals surface area contributed by atoms with Crippen molar-refractivity contribution in [1.82, 2.24) is 14.3 Å². The molecule has 1 aromatic carbocycles. The number of anilines is 1. The SMILES string of the molecule is CS(=O)(=O)c1ccc(NC2CCN(S(=O)(=O)c3cccs3)CC2)c(-c2c[nH]c(=O)c3[nH]ccc23)c1. The second-order valence-electron chi connectivity index (χ2n) is 8.53. The fourth-order valence-corrected chi connectivity index (χ4v) is 7.65. The van der Waals surface area contributed by atoms with Gasteiger partial charge in [0.25, 0.3) is 15.6 Å². The van der Waals surface area contributed by atoms with Gasteiger partial charge in [-0.15, -0.1) is 11.3 Å². The van der Waals surface area contributed by atoms with E-state index in [1.54, 1.807) is 54.2 Å². The highest BCUT2D eigenvalue weighted by molar-refractivity contribution is 7.91. The van der Waals surface area contributed by atoms with Crippen molar-refractivity contribution in [3.63, 3.8) is 0 Å². The normalized spacial score (nSPS) is 16.0. The number of H-pyrrole nitrogens is 2. The Morgan fingerprint density at radius 1 is 1.03 bits per heavy atom. The lowest BCUT2D eigenvalue weighted by Gasteiger charge is -2.32. The number of hydrogen-bond acceptors (Lipinski definition) is 7. The summed E-state index contributed by atoms with van der Waals surface area (Å²) in [5, 5.41) is 5.92. The number of aromatic nitrogens is 2. The second kappa shape index (κ2) is 8.94. The zero-order valence-corrected chi connectivity index (χ0v) is 21.3. The number of benzene rings is 1. The van der Waals surface area contributed by atoms with Crippen molar-refractivity contribution in [1.29, 1.82) is 0 Å². The fourth-order valence-electron chi connectivity index (χ4n) is 4.39. The van der Waals surface area contributed by atoms with E-state index in [0.717, 1.165) is 6.26 Å². The van der Waals surface area contributed by atoms with Gasteiger partial charge < -0.3 is 15.3 Å². The highest BCUT2D eigenvalue weighted by atomic mass is 32.2. The summed E-state index contributed by atoms with van der Waals surface area (Å²) >= 11 is 1.21. The molecule has 4 heterocycles. The van der Waals surface area contributed by atoms with Crippen molar-refractivity contribution in [3.05, 3.63) is 64.5 Å². The van der Waals surface area contributed by atoms with Crippen molar-refractivity contribution in [2.45, 2.75) is 28.0 Å². The van der Waals surface area contributed by atoms with Crippen molar-refractivity contribution in [3.8, 4) is 11.1 Å². The predicted molar refractivity (Wildman–Crippen MR) is 137 cm³/mol. The number of piperidine rings is 1. The third kappa shape index (κ3) is 4.54. The van der Waals surface area contributed by atoms with Gasteiger partial charge in [-0.05, 0) is 48.6 Å².